The van der Waals surface area contributed by atoms with Gasteiger partial charge in [-0.15, -0.1) is 11.3 Å². The summed E-state index contributed by atoms with van der Waals surface area (Å²) in [5.41, 5.74) is 3.46. The van der Waals surface area contributed by atoms with Gasteiger partial charge in [-0.1, -0.05) is 35.0 Å². The van der Waals surface area contributed by atoms with E-state index in [9.17, 15) is 9.59 Å². The number of nitrogens with zero attached hydrogens (tertiary/aromatic N) is 1. The van der Waals surface area contributed by atoms with Crippen LogP contribution in [0.3, 0.4) is 0 Å². The van der Waals surface area contributed by atoms with Crippen molar-refractivity contribution in [3.8, 4) is 0 Å². The van der Waals surface area contributed by atoms with Crippen LogP contribution >= 0.6 is 22.9 Å². The van der Waals surface area contributed by atoms with Crippen molar-refractivity contribution in [2.24, 2.45) is 5.16 Å². The minimum atomic E-state index is -0.969. The van der Waals surface area contributed by atoms with Crippen LogP contribution in [0.15, 0.2) is 65.8 Å². The summed E-state index contributed by atoms with van der Waals surface area (Å²) < 4.78 is 0.570. The highest BCUT2D eigenvalue weighted by atomic mass is 35.5. The number of carboxylic acids is 1. The fraction of sp³-hybridized carbons (Fsp3) is 0.136. The van der Waals surface area contributed by atoms with Gasteiger partial charge >= 0.3 is 5.97 Å². The fourth-order valence-electron chi connectivity index (χ4n) is 3.08. The molecule has 31 heavy (non-hydrogen) atoms. The van der Waals surface area contributed by atoms with Crippen LogP contribution in [0.1, 0.15) is 32.0 Å². The first-order valence-electron chi connectivity index (χ1n) is 9.45. The molecule has 0 bridgehead atoms. The number of benzene rings is 2. The van der Waals surface area contributed by atoms with E-state index in [4.69, 9.17) is 21.5 Å². The lowest BCUT2D eigenvalue weighted by Crippen LogP contribution is -2.31. The van der Waals surface area contributed by atoms with Crippen LogP contribution in [-0.4, -0.2) is 35.3 Å². The van der Waals surface area contributed by atoms with Crippen LogP contribution in [0, 0.1) is 0 Å². The molecule has 1 amide bonds. The Morgan fingerprint density at radius 2 is 1.94 bits per heavy atom. The normalized spacial score (nSPS) is 15.1. The molecule has 0 radical (unpaired) electrons. The first kappa shape index (κ1) is 20.9. The average molecular weight is 456 g/mol. The molecular formula is C22H18ClN3O4S. The van der Waals surface area contributed by atoms with Crippen molar-refractivity contribution >= 4 is 51.9 Å². The summed E-state index contributed by atoms with van der Waals surface area (Å²) in [7, 11) is 0. The maximum absolute atomic E-state index is 12.1. The van der Waals surface area contributed by atoms with Gasteiger partial charge in [-0.25, -0.2) is 4.79 Å². The number of nitrogens with one attached hydrogen (secondary N) is 2. The van der Waals surface area contributed by atoms with E-state index < -0.39 is 5.97 Å². The smallest absolute Gasteiger partial charge is 0.335 e. The highest BCUT2D eigenvalue weighted by Crippen LogP contribution is 2.23. The Kier molecular flexibility index (Phi) is 6.20. The molecular weight excluding hydrogens is 438 g/mol. The highest BCUT2D eigenvalue weighted by Gasteiger charge is 2.23. The molecule has 1 atom stereocenters. The molecule has 2 heterocycles. The van der Waals surface area contributed by atoms with E-state index in [1.165, 1.54) is 11.3 Å². The lowest BCUT2D eigenvalue weighted by molar-refractivity contribution is 0.0696. The van der Waals surface area contributed by atoms with Gasteiger partial charge in [-0.2, -0.15) is 0 Å². The van der Waals surface area contributed by atoms with Crippen LogP contribution in [0.25, 0.3) is 0 Å². The predicted molar refractivity (Wildman–Crippen MR) is 121 cm³/mol. The Bertz CT molecular complexity index is 1140. The molecule has 7 nitrogen and oxygen atoms in total. The zero-order valence-corrected chi connectivity index (χ0v) is 17.7. The van der Waals surface area contributed by atoms with Crippen molar-refractivity contribution in [1.82, 2.24) is 5.32 Å². The third-order valence-corrected chi connectivity index (χ3v) is 5.87. The number of carbonyl (C=O) groups excluding carboxylic acids is 1. The Labute approximate surface area is 187 Å². The van der Waals surface area contributed by atoms with Gasteiger partial charge in [0.05, 0.1) is 27.0 Å². The monoisotopic (exact) mass is 455 g/mol. The van der Waals surface area contributed by atoms with Crippen molar-refractivity contribution in [3.05, 3.63) is 81.0 Å². The van der Waals surface area contributed by atoms with E-state index in [0.717, 1.165) is 17.0 Å². The molecule has 2 aromatic carbocycles. The van der Waals surface area contributed by atoms with E-state index in [2.05, 4.69) is 15.8 Å². The van der Waals surface area contributed by atoms with Gasteiger partial charge in [-0.05, 0) is 48.0 Å². The second-order valence-electron chi connectivity index (χ2n) is 6.87. The molecule has 3 aromatic rings. The summed E-state index contributed by atoms with van der Waals surface area (Å²) in [5.74, 6) is -1.15. The number of amides is 1. The van der Waals surface area contributed by atoms with Crippen LogP contribution in [0.4, 0.5) is 11.4 Å². The quantitative estimate of drug-likeness (QED) is 0.476. The Hall–Kier alpha value is -3.36. The van der Waals surface area contributed by atoms with Crippen LogP contribution in [0.5, 0.6) is 0 Å². The molecule has 1 aliphatic rings. The van der Waals surface area contributed by atoms with Gasteiger partial charge in [0.15, 0.2) is 0 Å². The summed E-state index contributed by atoms with van der Waals surface area (Å²) in [6.07, 6.45) is 0.352. The van der Waals surface area contributed by atoms with E-state index in [1.54, 1.807) is 36.4 Å². The van der Waals surface area contributed by atoms with E-state index in [1.807, 2.05) is 24.3 Å². The van der Waals surface area contributed by atoms with E-state index >= 15 is 0 Å². The molecule has 158 valence electrons. The maximum atomic E-state index is 12.1. The highest BCUT2D eigenvalue weighted by molar-refractivity contribution is 7.18. The van der Waals surface area contributed by atoms with Crippen LogP contribution in [0.2, 0.25) is 4.34 Å². The molecule has 1 unspecified atom stereocenters. The third kappa shape index (κ3) is 5.22. The Morgan fingerprint density at radius 1 is 1.13 bits per heavy atom. The number of hydrogen-bond acceptors (Lipinski definition) is 6. The molecule has 0 aliphatic carbocycles. The molecule has 4 rings (SSSR count). The second-order valence-corrected chi connectivity index (χ2v) is 8.59. The van der Waals surface area contributed by atoms with Crippen molar-refractivity contribution in [2.45, 2.75) is 12.5 Å². The van der Waals surface area contributed by atoms with Crippen molar-refractivity contribution in [1.29, 1.82) is 0 Å². The number of hydrogen-bond donors (Lipinski definition) is 3. The van der Waals surface area contributed by atoms with Crippen molar-refractivity contribution < 1.29 is 19.5 Å². The minimum absolute atomic E-state index is 0.184. The van der Waals surface area contributed by atoms with Gasteiger partial charge < -0.3 is 20.6 Å². The largest absolute Gasteiger partial charge is 0.478 e. The number of rotatable bonds is 7. The summed E-state index contributed by atoms with van der Waals surface area (Å²) in [6.45, 7) is 0.348. The zero-order chi connectivity index (χ0) is 21.8. The predicted octanol–water partition coefficient (Wildman–Crippen LogP) is 4.77. The number of thiophene rings is 1. The van der Waals surface area contributed by atoms with Gasteiger partial charge in [0.1, 0.15) is 6.10 Å². The molecule has 0 saturated heterocycles. The molecule has 1 aliphatic heterocycles. The number of aromatic carboxylic acids is 1. The molecule has 0 saturated carbocycles. The fourth-order valence-corrected chi connectivity index (χ4v) is 4.04. The number of carboxylic acid groups (broad SMARTS) is 1. The molecule has 9 heteroatoms. The topological polar surface area (TPSA) is 100 Å². The molecule has 0 spiro atoms. The molecule has 3 N–H and O–H groups in total. The van der Waals surface area contributed by atoms with Crippen LogP contribution < -0.4 is 10.6 Å². The molecule has 0 fully saturated rings. The first-order valence-corrected chi connectivity index (χ1v) is 10.6. The van der Waals surface area contributed by atoms with Gasteiger partial charge in [0.2, 0.25) is 0 Å². The van der Waals surface area contributed by atoms with Crippen LogP contribution in [-0.2, 0) is 4.84 Å². The first-order chi connectivity index (χ1) is 15.0. The number of halogens is 1. The zero-order valence-electron chi connectivity index (χ0n) is 16.2. The SMILES string of the molecule is O=C(O)c1cccc(Nc2ccc(C3=NOC(CNC(=O)c4ccc(Cl)s4)C3)cc2)c1. The average Bonchev–Trinajstić information content (AvgIpc) is 3.42. The minimum Gasteiger partial charge on any atom is -0.478 e. The van der Waals surface area contributed by atoms with E-state index in [0.29, 0.717) is 27.9 Å². The second kappa shape index (κ2) is 9.20. The number of carbonyl (C=O) groups is 2. The lowest BCUT2D eigenvalue weighted by Gasteiger charge is -2.09. The van der Waals surface area contributed by atoms with Gasteiger partial charge in [0, 0.05) is 17.8 Å². The third-order valence-electron chi connectivity index (χ3n) is 4.64. The van der Waals surface area contributed by atoms with Gasteiger partial charge in [-0.3, -0.25) is 4.79 Å². The molecule has 1 aromatic heterocycles. The summed E-state index contributed by atoms with van der Waals surface area (Å²) in [5, 5.41) is 19.3. The van der Waals surface area contributed by atoms with E-state index in [-0.39, 0.29) is 17.6 Å². The number of oxime groups is 1. The van der Waals surface area contributed by atoms with Gasteiger partial charge in [0.25, 0.3) is 5.91 Å². The number of anilines is 2. The summed E-state index contributed by atoms with van der Waals surface area (Å²) >= 11 is 7.09. The standard InChI is InChI=1S/C22H18ClN3O4S/c23-20-9-8-19(31-20)21(27)24-12-17-11-18(26-30-17)13-4-6-15(7-5-13)25-16-3-1-2-14(10-16)22(28)29/h1-10,17,25H,11-12H2,(H,24,27)(H,28,29). The Morgan fingerprint density at radius 3 is 2.65 bits per heavy atom. The summed E-state index contributed by atoms with van der Waals surface area (Å²) in [6, 6.07) is 17.6. The lowest BCUT2D eigenvalue weighted by atomic mass is 10.0. The Balaban J connectivity index is 1.31. The van der Waals surface area contributed by atoms with Crippen molar-refractivity contribution in [3.63, 3.8) is 0 Å². The summed E-state index contributed by atoms with van der Waals surface area (Å²) in [4.78, 5) is 29.2. The maximum Gasteiger partial charge on any atom is 0.335 e. The van der Waals surface area contributed by atoms with Crippen molar-refractivity contribution in [2.75, 3.05) is 11.9 Å².